The van der Waals surface area contributed by atoms with Crippen molar-refractivity contribution < 1.29 is 9.53 Å². The zero-order chi connectivity index (χ0) is 19.0. The van der Waals surface area contributed by atoms with Crippen LogP contribution in [0.1, 0.15) is 34.6 Å². The number of thioether (sulfide) groups is 1. The Labute approximate surface area is 166 Å². The lowest BCUT2D eigenvalue weighted by Gasteiger charge is -2.14. The van der Waals surface area contributed by atoms with E-state index in [1.165, 1.54) is 11.8 Å². The number of ketones is 1. The number of H-pyrrole nitrogens is 1. The molecule has 6 nitrogen and oxygen atoms in total. The number of halogens is 1. The van der Waals surface area contributed by atoms with Gasteiger partial charge in [0.05, 0.1) is 22.4 Å². The molecule has 0 saturated carbocycles. The van der Waals surface area contributed by atoms with Crippen LogP contribution in [0.4, 0.5) is 0 Å². The number of Topliss-reactive ketones (excluding diaryl/α,β-unsaturated/α-hetero) is 1. The number of pyridine rings is 1. The second-order valence-corrected chi connectivity index (χ2v) is 8.21. The number of rotatable bonds is 6. The van der Waals surface area contributed by atoms with E-state index in [0.717, 1.165) is 48.5 Å². The molecule has 0 aromatic carbocycles. The van der Waals surface area contributed by atoms with Gasteiger partial charge in [-0.15, -0.1) is 0 Å². The summed E-state index contributed by atoms with van der Waals surface area (Å²) >= 11 is 7.33. The average Bonchev–Trinajstić information content (AvgIpc) is 3.35. The van der Waals surface area contributed by atoms with Crippen LogP contribution in [-0.4, -0.2) is 43.8 Å². The van der Waals surface area contributed by atoms with E-state index in [-0.39, 0.29) is 11.9 Å². The van der Waals surface area contributed by atoms with Gasteiger partial charge in [-0.25, -0.2) is 9.97 Å². The Morgan fingerprint density at radius 3 is 3.07 bits per heavy atom. The summed E-state index contributed by atoms with van der Waals surface area (Å²) < 4.78 is 7.94. The molecule has 0 bridgehead atoms. The Bertz CT molecular complexity index is 991. The predicted octanol–water partition coefficient (Wildman–Crippen LogP) is 4.18. The van der Waals surface area contributed by atoms with Gasteiger partial charge in [-0.2, -0.15) is 0 Å². The molecule has 0 unspecified atom stereocenters. The lowest BCUT2D eigenvalue weighted by molar-refractivity contribution is 0.0957. The molecule has 0 aliphatic carbocycles. The van der Waals surface area contributed by atoms with Crippen LogP contribution >= 0.6 is 23.4 Å². The van der Waals surface area contributed by atoms with Crippen molar-refractivity contribution in [1.29, 1.82) is 0 Å². The number of imidazole rings is 1. The highest BCUT2D eigenvalue weighted by atomic mass is 35.5. The smallest absolute Gasteiger partial charge is 0.178 e. The predicted molar refractivity (Wildman–Crippen MR) is 107 cm³/mol. The SMILES string of the molecule is Cc1cc(C(=O)CSc2nc3ncc(Cl)cc3[nH]2)c(C)n1C[C@@H]1CCCO1. The van der Waals surface area contributed by atoms with Gasteiger partial charge in [0.15, 0.2) is 16.6 Å². The average molecular weight is 405 g/mol. The fraction of sp³-hybridized carbons (Fsp3) is 0.421. The zero-order valence-electron chi connectivity index (χ0n) is 15.3. The molecule has 4 heterocycles. The monoisotopic (exact) mass is 404 g/mol. The maximum absolute atomic E-state index is 12.8. The molecule has 3 aromatic heterocycles. The Kier molecular flexibility index (Phi) is 5.25. The second-order valence-electron chi connectivity index (χ2n) is 6.81. The minimum atomic E-state index is 0.0955. The summed E-state index contributed by atoms with van der Waals surface area (Å²) in [6.45, 7) is 5.70. The Morgan fingerprint density at radius 2 is 2.30 bits per heavy atom. The number of nitrogens with one attached hydrogen (secondary N) is 1. The summed E-state index contributed by atoms with van der Waals surface area (Å²) in [7, 11) is 0. The number of nitrogens with zero attached hydrogens (tertiary/aromatic N) is 3. The van der Waals surface area contributed by atoms with Crippen molar-refractivity contribution in [3.63, 3.8) is 0 Å². The fourth-order valence-corrected chi connectivity index (χ4v) is 4.40. The summed E-state index contributed by atoms with van der Waals surface area (Å²) in [4.78, 5) is 24.5. The molecule has 1 aliphatic rings. The largest absolute Gasteiger partial charge is 0.376 e. The van der Waals surface area contributed by atoms with Crippen LogP contribution in [-0.2, 0) is 11.3 Å². The number of ether oxygens (including phenoxy) is 1. The molecule has 4 rings (SSSR count). The first-order valence-corrected chi connectivity index (χ1v) is 10.3. The third-order valence-electron chi connectivity index (χ3n) is 4.91. The third-order valence-corrected chi connectivity index (χ3v) is 5.99. The number of aromatic nitrogens is 4. The fourth-order valence-electron chi connectivity index (χ4n) is 3.49. The van der Waals surface area contributed by atoms with Crippen LogP contribution in [0.15, 0.2) is 23.5 Å². The van der Waals surface area contributed by atoms with Gasteiger partial charge in [0.25, 0.3) is 0 Å². The number of hydrogen-bond acceptors (Lipinski definition) is 5. The molecule has 1 aliphatic heterocycles. The lowest BCUT2D eigenvalue weighted by atomic mass is 10.2. The lowest BCUT2D eigenvalue weighted by Crippen LogP contribution is -2.17. The van der Waals surface area contributed by atoms with Crippen molar-refractivity contribution in [2.24, 2.45) is 0 Å². The van der Waals surface area contributed by atoms with Crippen molar-refractivity contribution in [3.8, 4) is 0 Å². The molecule has 142 valence electrons. The van der Waals surface area contributed by atoms with Gasteiger partial charge in [0.1, 0.15) is 0 Å². The minimum absolute atomic E-state index is 0.0955. The second kappa shape index (κ2) is 7.66. The first-order valence-electron chi connectivity index (χ1n) is 8.97. The van der Waals surface area contributed by atoms with Gasteiger partial charge in [-0.05, 0) is 38.8 Å². The minimum Gasteiger partial charge on any atom is -0.376 e. The third kappa shape index (κ3) is 3.90. The van der Waals surface area contributed by atoms with Gasteiger partial charge >= 0.3 is 0 Å². The van der Waals surface area contributed by atoms with Gasteiger partial charge in [0.2, 0.25) is 0 Å². The number of fused-ring (bicyclic) bond motifs is 1. The number of aromatic amines is 1. The normalized spacial score (nSPS) is 17.1. The molecule has 1 saturated heterocycles. The number of carbonyl (C=O) groups is 1. The van der Waals surface area contributed by atoms with Crippen molar-refractivity contribution >= 4 is 40.3 Å². The zero-order valence-corrected chi connectivity index (χ0v) is 16.9. The van der Waals surface area contributed by atoms with E-state index < -0.39 is 0 Å². The highest BCUT2D eigenvalue weighted by Crippen LogP contribution is 2.24. The molecule has 27 heavy (non-hydrogen) atoms. The van der Waals surface area contributed by atoms with Crippen molar-refractivity contribution in [3.05, 3.63) is 40.3 Å². The van der Waals surface area contributed by atoms with Gasteiger partial charge in [-0.1, -0.05) is 23.4 Å². The quantitative estimate of drug-likeness (QED) is 0.492. The van der Waals surface area contributed by atoms with E-state index in [2.05, 4.69) is 19.5 Å². The maximum atomic E-state index is 12.8. The Balaban J connectivity index is 1.45. The standard InChI is InChI=1S/C19H21ClN4O2S/c1-11-6-15(12(2)24(11)9-14-4-3-5-26-14)17(25)10-27-19-22-16-7-13(20)8-21-18(16)23-19/h6-8,14H,3-5,9-10H2,1-2H3,(H,21,22,23)/t14-/m0/s1. The Hall–Kier alpha value is -1.83. The summed E-state index contributed by atoms with van der Waals surface area (Å²) in [5.41, 5.74) is 4.25. The summed E-state index contributed by atoms with van der Waals surface area (Å²) in [5, 5.41) is 1.22. The van der Waals surface area contributed by atoms with Gasteiger partial charge in [-0.3, -0.25) is 4.79 Å². The van der Waals surface area contributed by atoms with Gasteiger partial charge < -0.3 is 14.3 Å². The molecule has 0 spiro atoms. The molecule has 0 amide bonds. The van der Waals surface area contributed by atoms with E-state index >= 15 is 0 Å². The molecular formula is C19H21ClN4O2S. The summed E-state index contributed by atoms with van der Waals surface area (Å²) in [5.74, 6) is 0.413. The van der Waals surface area contributed by atoms with Crippen molar-refractivity contribution in [1.82, 2.24) is 19.5 Å². The highest BCUT2D eigenvalue weighted by molar-refractivity contribution is 7.99. The van der Waals surface area contributed by atoms with Crippen LogP contribution in [0, 0.1) is 13.8 Å². The van der Waals surface area contributed by atoms with Crippen LogP contribution < -0.4 is 0 Å². The molecular weight excluding hydrogens is 384 g/mol. The summed E-state index contributed by atoms with van der Waals surface area (Å²) in [6, 6.07) is 3.76. The number of hydrogen-bond donors (Lipinski definition) is 1. The molecule has 8 heteroatoms. The molecule has 1 atom stereocenters. The molecule has 0 radical (unpaired) electrons. The van der Waals surface area contributed by atoms with E-state index in [9.17, 15) is 4.79 Å². The molecule has 1 N–H and O–H groups in total. The van der Waals surface area contributed by atoms with Crippen molar-refractivity contribution in [2.45, 2.75) is 44.5 Å². The van der Waals surface area contributed by atoms with Crippen LogP contribution in [0.3, 0.4) is 0 Å². The van der Waals surface area contributed by atoms with E-state index in [1.807, 2.05) is 19.9 Å². The van der Waals surface area contributed by atoms with Gasteiger partial charge in [0, 0.05) is 36.3 Å². The molecule has 1 fully saturated rings. The number of aryl methyl sites for hydroxylation is 1. The van der Waals surface area contributed by atoms with Crippen LogP contribution in [0.5, 0.6) is 0 Å². The Morgan fingerprint density at radius 1 is 1.44 bits per heavy atom. The van der Waals surface area contributed by atoms with E-state index in [0.29, 0.717) is 21.6 Å². The van der Waals surface area contributed by atoms with Crippen molar-refractivity contribution in [2.75, 3.05) is 12.4 Å². The summed E-state index contributed by atoms with van der Waals surface area (Å²) in [6.07, 6.45) is 4.01. The first-order chi connectivity index (χ1) is 13.0. The molecule has 3 aromatic rings. The topological polar surface area (TPSA) is 72.8 Å². The first kappa shape index (κ1) is 18.5. The highest BCUT2D eigenvalue weighted by Gasteiger charge is 2.21. The van der Waals surface area contributed by atoms with E-state index in [1.54, 1.807) is 12.3 Å². The number of carbonyl (C=O) groups excluding carboxylic acids is 1. The van der Waals surface area contributed by atoms with E-state index in [4.69, 9.17) is 16.3 Å². The maximum Gasteiger partial charge on any atom is 0.178 e. The van der Waals surface area contributed by atoms with Crippen LogP contribution in [0.2, 0.25) is 5.02 Å². The van der Waals surface area contributed by atoms with Crippen LogP contribution in [0.25, 0.3) is 11.2 Å².